The zero-order valence-corrected chi connectivity index (χ0v) is 17.1. The maximum atomic E-state index is 13.1. The van der Waals surface area contributed by atoms with E-state index in [0.29, 0.717) is 18.5 Å². The van der Waals surface area contributed by atoms with Crippen LogP contribution in [0.3, 0.4) is 0 Å². The Kier molecular flexibility index (Phi) is 5.44. The van der Waals surface area contributed by atoms with Gasteiger partial charge in [0, 0.05) is 12.7 Å². The minimum atomic E-state index is -0.775. The van der Waals surface area contributed by atoms with Gasteiger partial charge in [0.15, 0.2) is 0 Å². The summed E-state index contributed by atoms with van der Waals surface area (Å²) in [5.41, 5.74) is 1.44. The lowest BCUT2D eigenvalue weighted by Gasteiger charge is -2.35. The molecule has 1 saturated heterocycles. The number of likely N-dealkylation sites (N-methyl/N-ethyl adjacent to an activating group) is 1. The van der Waals surface area contributed by atoms with Gasteiger partial charge < -0.3 is 15.5 Å². The summed E-state index contributed by atoms with van der Waals surface area (Å²) in [7, 11) is 1.67. The third-order valence-electron chi connectivity index (χ3n) is 6.04. The Morgan fingerprint density at radius 2 is 1.57 bits per heavy atom. The van der Waals surface area contributed by atoms with E-state index in [1.807, 2.05) is 48.5 Å². The molecule has 2 aromatic rings. The highest BCUT2D eigenvalue weighted by Gasteiger charge is 2.55. The first-order valence-corrected chi connectivity index (χ1v) is 10.3. The van der Waals surface area contributed by atoms with Crippen molar-refractivity contribution in [2.45, 2.75) is 37.6 Å². The molecule has 2 N–H and O–H groups in total. The molecule has 2 aliphatic rings. The second-order valence-electron chi connectivity index (χ2n) is 7.91. The third-order valence-corrected chi connectivity index (χ3v) is 6.04. The van der Waals surface area contributed by atoms with Gasteiger partial charge in [-0.05, 0) is 37.1 Å². The van der Waals surface area contributed by atoms with Crippen LogP contribution in [0.5, 0.6) is 0 Å². The lowest BCUT2D eigenvalue weighted by Crippen LogP contribution is -2.49. The van der Waals surface area contributed by atoms with E-state index < -0.39 is 17.5 Å². The predicted octanol–water partition coefficient (Wildman–Crippen LogP) is 3.97. The van der Waals surface area contributed by atoms with Gasteiger partial charge >= 0.3 is 6.03 Å². The molecule has 1 heterocycles. The van der Waals surface area contributed by atoms with Crippen molar-refractivity contribution in [2.75, 3.05) is 24.2 Å². The van der Waals surface area contributed by atoms with Crippen molar-refractivity contribution in [3.63, 3.8) is 0 Å². The largest absolute Gasteiger partial charge is 0.354 e. The first-order chi connectivity index (χ1) is 14.5. The van der Waals surface area contributed by atoms with Crippen LogP contribution in [-0.2, 0) is 9.59 Å². The normalized spacial score (nSPS) is 18.0. The molecule has 30 heavy (non-hydrogen) atoms. The van der Waals surface area contributed by atoms with E-state index in [1.165, 1.54) is 4.90 Å². The van der Waals surface area contributed by atoms with Crippen molar-refractivity contribution in [3.05, 3.63) is 54.6 Å². The van der Waals surface area contributed by atoms with Gasteiger partial charge in [-0.25, -0.2) is 4.79 Å². The quantitative estimate of drug-likeness (QED) is 0.737. The summed E-state index contributed by atoms with van der Waals surface area (Å²) in [5.74, 6) is -0.652. The number of nitrogens with one attached hydrogen (secondary N) is 2. The second-order valence-corrected chi connectivity index (χ2v) is 7.91. The molecule has 1 aliphatic heterocycles. The summed E-state index contributed by atoms with van der Waals surface area (Å²) in [4.78, 5) is 41.2. The van der Waals surface area contributed by atoms with Gasteiger partial charge in [-0.3, -0.25) is 14.5 Å². The zero-order valence-electron chi connectivity index (χ0n) is 17.1. The molecule has 0 atom stereocenters. The molecule has 0 radical (unpaired) electrons. The molecule has 4 amide bonds. The Labute approximate surface area is 176 Å². The van der Waals surface area contributed by atoms with Gasteiger partial charge in [-0.15, -0.1) is 0 Å². The molecule has 0 aromatic heterocycles. The summed E-state index contributed by atoms with van der Waals surface area (Å²) in [5, 5.41) is 6.11. The number of nitrogens with zero attached hydrogens (tertiary/aromatic N) is 2. The molecule has 1 aliphatic carbocycles. The number of rotatable bonds is 5. The Bertz CT molecular complexity index is 954. The molecule has 0 bridgehead atoms. The monoisotopic (exact) mass is 406 g/mol. The highest BCUT2D eigenvalue weighted by atomic mass is 16.2. The van der Waals surface area contributed by atoms with Gasteiger partial charge in [0.05, 0.1) is 11.4 Å². The molecule has 7 nitrogen and oxygen atoms in total. The Hall–Kier alpha value is -3.35. The topological polar surface area (TPSA) is 81.8 Å². The van der Waals surface area contributed by atoms with E-state index in [4.69, 9.17) is 0 Å². The van der Waals surface area contributed by atoms with Crippen LogP contribution >= 0.6 is 0 Å². The Balaban J connectivity index is 1.47. The lowest BCUT2D eigenvalue weighted by molar-refractivity contribution is -0.136. The van der Waals surface area contributed by atoms with Crippen molar-refractivity contribution < 1.29 is 14.4 Å². The summed E-state index contributed by atoms with van der Waals surface area (Å²) in [6, 6.07) is 16.6. The molecule has 2 aromatic carbocycles. The molecule has 4 rings (SSSR count). The van der Waals surface area contributed by atoms with Crippen molar-refractivity contribution in [1.29, 1.82) is 0 Å². The van der Waals surface area contributed by atoms with Crippen LogP contribution in [0.15, 0.2) is 54.6 Å². The zero-order chi connectivity index (χ0) is 21.1. The highest BCUT2D eigenvalue weighted by molar-refractivity contribution is 6.10. The van der Waals surface area contributed by atoms with Gasteiger partial charge in [0.1, 0.15) is 12.1 Å². The number of carbonyl (C=O) groups is 3. The summed E-state index contributed by atoms with van der Waals surface area (Å²) in [6.07, 6.45) is 4.23. The van der Waals surface area contributed by atoms with Gasteiger partial charge in [-0.2, -0.15) is 0 Å². The molecular weight excluding hydrogens is 380 g/mol. The third kappa shape index (κ3) is 3.63. The SMILES string of the molecule is CN1C(=O)N(CC(=O)Nc2ccccc2Nc2ccccc2)C(=O)C12CCCCC2. The number of para-hydroxylation sites is 3. The van der Waals surface area contributed by atoms with E-state index >= 15 is 0 Å². The van der Waals surface area contributed by atoms with Crippen LogP contribution in [-0.4, -0.2) is 46.8 Å². The van der Waals surface area contributed by atoms with Crippen molar-refractivity contribution in [3.8, 4) is 0 Å². The fourth-order valence-corrected chi connectivity index (χ4v) is 4.38. The lowest BCUT2D eigenvalue weighted by atomic mass is 9.81. The number of carbonyl (C=O) groups excluding carboxylic acids is 3. The molecule has 1 saturated carbocycles. The van der Waals surface area contributed by atoms with Crippen LogP contribution in [0.2, 0.25) is 0 Å². The number of hydrogen-bond acceptors (Lipinski definition) is 4. The number of urea groups is 1. The van der Waals surface area contributed by atoms with E-state index in [-0.39, 0.29) is 12.5 Å². The number of amides is 4. The molecule has 156 valence electrons. The number of benzene rings is 2. The van der Waals surface area contributed by atoms with Gasteiger partial charge in [0.2, 0.25) is 5.91 Å². The maximum Gasteiger partial charge on any atom is 0.327 e. The average Bonchev–Trinajstić information content (AvgIpc) is 2.93. The fourth-order valence-electron chi connectivity index (χ4n) is 4.38. The van der Waals surface area contributed by atoms with Crippen LogP contribution in [0.25, 0.3) is 0 Å². The molecule has 2 fully saturated rings. The van der Waals surface area contributed by atoms with Crippen molar-refractivity contribution >= 4 is 34.9 Å². The van der Waals surface area contributed by atoms with Crippen LogP contribution in [0.1, 0.15) is 32.1 Å². The van der Waals surface area contributed by atoms with Gasteiger partial charge in [0.25, 0.3) is 5.91 Å². The average molecular weight is 406 g/mol. The first kappa shape index (κ1) is 19.9. The molecule has 0 unspecified atom stereocenters. The first-order valence-electron chi connectivity index (χ1n) is 10.3. The summed E-state index contributed by atoms with van der Waals surface area (Å²) < 4.78 is 0. The minimum Gasteiger partial charge on any atom is -0.354 e. The van der Waals surface area contributed by atoms with E-state index in [1.54, 1.807) is 13.1 Å². The smallest absolute Gasteiger partial charge is 0.327 e. The highest BCUT2D eigenvalue weighted by Crippen LogP contribution is 2.39. The second kappa shape index (κ2) is 8.18. The Morgan fingerprint density at radius 1 is 0.933 bits per heavy atom. The summed E-state index contributed by atoms with van der Waals surface area (Å²) >= 11 is 0. The summed E-state index contributed by atoms with van der Waals surface area (Å²) in [6.45, 7) is -0.288. The van der Waals surface area contributed by atoms with Crippen LogP contribution < -0.4 is 10.6 Å². The molecular formula is C23H26N4O3. The Morgan fingerprint density at radius 3 is 2.27 bits per heavy atom. The standard InChI is InChI=1S/C23H26N4O3/c1-26-22(30)27(21(29)23(26)14-8-3-9-15-23)16-20(28)25-19-13-7-6-12-18(19)24-17-10-4-2-5-11-17/h2,4-7,10-13,24H,3,8-9,14-16H2,1H3,(H,25,28). The van der Waals surface area contributed by atoms with Crippen LogP contribution in [0.4, 0.5) is 21.9 Å². The maximum absolute atomic E-state index is 13.1. The van der Waals surface area contributed by atoms with E-state index in [9.17, 15) is 14.4 Å². The number of anilines is 3. The predicted molar refractivity (Wildman–Crippen MR) is 115 cm³/mol. The van der Waals surface area contributed by atoms with Crippen molar-refractivity contribution in [2.24, 2.45) is 0 Å². The molecule has 1 spiro atoms. The number of hydrogen-bond donors (Lipinski definition) is 2. The van der Waals surface area contributed by atoms with Crippen molar-refractivity contribution in [1.82, 2.24) is 9.80 Å². The number of imide groups is 1. The minimum absolute atomic E-state index is 0.249. The fraction of sp³-hybridized carbons (Fsp3) is 0.348. The van der Waals surface area contributed by atoms with Gasteiger partial charge in [-0.1, -0.05) is 49.6 Å². The molecule has 7 heteroatoms. The van der Waals surface area contributed by atoms with Crippen LogP contribution in [0, 0.1) is 0 Å². The van der Waals surface area contributed by atoms with E-state index in [0.717, 1.165) is 35.5 Å². The van der Waals surface area contributed by atoms with E-state index in [2.05, 4.69) is 10.6 Å².